The van der Waals surface area contributed by atoms with Crippen LogP contribution in [0.15, 0.2) is 24.3 Å². The maximum absolute atomic E-state index is 12.7. The summed E-state index contributed by atoms with van der Waals surface area (Å²) in [5.74, 6) is -0.0382. The van der Waals surface area contributed by atoms with Crippen molar-refractivity contribution >= 4 is 23.6 Å². The third kappa shape index (κ3) is 4.93. The Morgan fingerprint density at radius 2 is 1.79 bits per heavy atom. The van der Waals surface area contributed by atoms with Crippen LogP contribution in [0.25, 0.3) is 6.08 Å². The predicted octanol–water partition coefficient (Wildman–Crippen LogP) is 3.68. The molecule has 0 unspecified atom stereocenters. The Kier molecular flexibility index (Phi) is 6.98. The van der Waals surface area contributed by atoms with E-state index in [1.807, 2.05) is 0 Å². The molecule has 1 N–H and O–H groups in total. The Hall–Kier alpha value is -3.35. The molecule has 7 nitrogen and oxygen atoms in total. The molecule has 154 valence electrons. The van der Waals surface area contributed by atoms with Gasteiger partial charge in [-0.15, -0.1) is 0 Å². The maximum Gasteiger partial charge on any atom is 0.331 e. The molecule has 0 saturated heterocycles. The molecule has 0 aliphatic heterocycles. The summed E-state index contributed by atoms with van der Waals surface area (Å²) in [4.78, 5) is 39.5. The number of nitrogens with one attached hydrogen (secondary N) is 1. The largest absolute Gasteiger partial charge is 0.497 e. The molecule has 2 rings (SSSR count). The molecule has 0 aliphatic carbocycles. The van der Waals surface area contributed by atoms with Gasteiger partial charge < -0.3 is 19.2 Å². The summed E-state index contributed by atoms with van der Waals surface area (Å²) in [6.07, 6.45) is 1.75. The van der Waals surface area contributed by atoms with E-state index in [-0.39, 0.29) is 11.5 Å². The monoisotopic (exact) mass is 399 g/mol. The third-order valence-corrected chi connectivity index (χ3v) is 4.54. The lowest BCUT2D eigenvalue weighted by atomic mass is 10.0. The van der Waals surface area contributed by atoms with Crippen LogP contribution in [-0.2, 0) is 9.53 Å². The van der Waals surface area contributed by atoms with Crippen LogP contribution in [-0.4, -0.2) is 42.8 Å². The summed E-state index contributed by atoms with van der Waals surface area (Å²) in [5, 5.41) is 0. The second kappa shape index (κ2) is 9.23. The number of aryl methyl sites for hydroxylation is 1. The number of esters is 1. The molecular formula is C22H25NO6. The van der Waals surface area contributed by atoms with E-state index in [4.69, 9.17) is 14.2 Å². The van der Waals surface area contributed by atoms with Crippen molar-refractivity contribution in [2.24, 2.45) is 0 Å². The summed E-state index contributed by atoms with van der Waals surface area (Å²) in [5.41, 5.74) is 2.59. The average molecular weight is 399 g/mol. The molecule has 0 amide bonds. The van der Waals surface area contributed by atoms with Gasteiger partial charge in [-0.1, -0.05) is 0 Å². The van der Waals surface area contributed by atoms with Gasteiger partial charge in [0.2, 0.25) is 5.78 Å². The lowest BCUT2D eigenvalue weighted by molar-refractivity contribution is -0.140. The highest BCUT2D eigenvalue weighted by Crippen LogP contribution is 2.25. The molecule has 0 fully saturated rings. The number of hydrogen-bond acceptors (Lipinski definition) is 6. The van der Waals surface area contributed by atoms with Crippen molar-refractivity contribution in [2.45, 2.75) is 33.8 Å². The van der Waals surface area contributed by atoms with Gasteiger partial charge in [0.15, 0.2) is 11.9 Å². The molecule has 1 aromatic heterocycles. The van der Waals surface area contributed by atoms with Gasteiger partial charge in [0.05, 0.1) is 19.9 Å². The molecule has 1 heterocycles. The first kappa shape index (κ1) is 21.9. The molecule has 1 atom stereocenters. The standard InChI is InChI=1S/C22H25NO6/c1-12-20(14(3)24)13(2)23-21(12)22(26)15(4)29-19(25)10-8-16-7-9-17(27-5)11-18(16)28-6/h7-11,15,23H,1-6H3/b10-8+/t15-/m0/s1. The minimum atomic E-state index is -1.01. The number of carbonyl (C=O) groups is 3. The molecule has 0 radical (unpaired) electrons. The van der Waals surface area contributed by atoms with Crippen molar-refractivity contribution in [1.29, 1.82) is 0 Å². The highest BCUT2D eigenvalue weighted by atomic mass is 16.5. The molecule has 0 spiro atoms. The summed E-state index contributed by atoms with van der Waals surface area (Å²) >= 11 is 0. The fourth-order valence-electron chi connectivity index (χ4n) is 3.11. The van der Waals surface area contributed by atoms with Crippen LogP contribution in [0.5, 0.6) is 11.5 Å². The van der Waals surface area contributed by atoms with E-state index in [0.717, 1.165) is 0 Å². The van der Waals surface area contributed by atoms with Crippen molar-refractivity contribution < 1.29 is 28.6 Å². The zero-order valence-electron chi connectivity index (χ0n) is 17.4. The third-order valence-electron chi connectivity index (χ3n) is 4.54. The average Bonchev–Trinajstić information content (AvgIpc) is 2.99. The van der Waals surface area contributed by atoms with Crippen LogP contribution >= 0.6 is 0 Å². The summed E-state index contributed by atoms with van der Waals surface area (Å²) in [6.45, 7) is 6.35. The van der Waals surface area contributed by atoms with Gasteiger partial charge in [-0.2, -0.15) is 0 Å². The van der Waals surface area contributed by atoms with E-state index >= 15 is 0 Å². The second-order valence-corrected chi connectivity index (χ2v) is 6.57. The fourth-order valence-corrected chi connectivity index (χ4v) is 3.11. The Bertz CT molecular complexity index is 970. The van der Waals surface area contributed by atoms with E-state index in [1.165, 1.54) is 33.1 Å². The molecule has 7 heteroatoms. The van der Waals surface area contributed by atoms with Gasteiger partial charge in [-0.25, -0.2) is 4.79 Å². The van der Waals surface area contributed by atoms with Crippen molar-refractivity contribution in [1.82, 2.24) is 4.98 Å². The van der Waals surface area contributed by atoms with Crippen molar-refractivity contribution in [3.05, 3.63) is 52.4 Å². The van der Waals surface area contributed by atoms with E-state index in [1.54, 1.807) is 39.2 Å². The number of carbonyl (C=O) groups excluding carboxylic acids is 3. The number of benzene rings is 1. The fraction of sp³-hybridized carbons (Fsp3) is 0.318. The van der Waals surface area contributed by atoms with Crippen molar-refractivity contribution in [3.8, 4) is 11.5 Å². The Labute approximate surface area is 169 Å². The minimum Gasteiger partial charge on any atom is -0.497 e. The van der Waals surface area contributed by atoms with Gasteiger partial charge in [0.1, 0.15) is 11.5 Å². The van der Waals surface area contributed by atoms with Crippen LogP contribution in [0.3, 0.4) is 0 Å². The molecule has 0 aliphatic rings. The van der Waals surface area contributed by atoms with Crippen LogP contribution in [0.1, 0.15) is 51.5 Å². The maximum atomic E-state index is 12.7. The first-order valence-electron chi connectivity index (χ1n) is 9.04. The van der Waals surface area contributed by atoms with Crippen LogP contribution in [0.2, 0.25) is 0 Å². The van der Waals surface area contributed by atoms with Gasteiger partial charge in [-0.05, 0) is 51.5 Å². The van der Waals surface area contributed by atoms with E-state index in [9.17, 15) is 14.4 Å². The van der Waals surface area contributed by atoms with Crippen LogP contribution < -0.4 is 9.47 Å². The van der Waals surface area contributed by atoms with E-state index in [0.29, 0.717) is 33.9 Å². The number of ether oxygens (including phenoxy) is 3. The van der Waals surface area contributed by atoms with Crippen LogP contribution in [0, 0.1) is 13.8 Å². The van der Waals surface area contributed by atoms with E-state index < -0.39 is 17.9 Å². The SMILES string of the molecule is COc1ccc(/C=C/C(=O)O[C@@H](C)C(=O)c2[nH]c(C)c(C(C)=O)c2C)c(OC)c1. The molecule has 2 aromatic rings. The van der Waals surface area contributed by atoms with Crippen molar-refractivity contribution in [2.75, 3.05) is 14.2 Å². The number of hydrogen-bond donors (Lipinski definition) is 1. The highest BCUT2D eigenvalue weighted by Gasteiger charge is 2.25. The summed E-state index contributed by atoms with van der Waals surface area (Å²) in [6, 6.07) is 5.17. The van der Waals surface area contributed by atoms with Gasteiger partial charge >= 0.3 is 5.97 Å². The van der Waals surface area contributed by atoms with E-state index in [2.05, 4.69) is 4.98 Å². The number of aromatic nitrogens is 1. The highest BCUT2D eigenvalue weighted by molar-refractivity contribution is 6.05. The molecular weight excluding hydrogens is 374 g/mol. The molecule has 29 heavy (non-hydrogen) atoms. The first-order chi connectivity index (χ1) is 13.7. The number of rotatable bonds is 8. The Morgan fingerprint density at radius 3 is 2.34 bits per heavy atom. The molecule has 0 bridgehead atoms. The topological polar surface area (TPSA) is 94.7 Å². The molecule has 1 aromatic carbocycles. The van der Waals surface area contributed by atoms with Gasteiger partial charge in [-0.3, -0.25) is 9.59 Å². The summed E-state index contributed by atoms with van der Waals surface area (Å²) in [7, 11) is 3.06. The Balaban J connectivity index is 2.11. The number of ketones is 2. The smallest absolute Gasteiger partial charge is 0.331 e. The predicted molar refractivity (Wildman–Crippen MR) is 109 cm³/mol. The number of Topliss-reactive ketones (excluding diaryl/α,β-unsaturated/α-hetero) is 2. The van der Waals surface area contributed by atoms with Crippen LogP contribution in [0.4, 0.5) is 0 Å². The quantitative estimate of drug-likeness (QED) is 0.413. The minimum absolute atomic E-state index is 0.128. The zero-order chi connectivity index (χ0) is 21.7. The first-order valence-corrected chi connectivity index (χ1v) is 9.04. The summed E-state index contributed by atoms with van der Waals surface area (Å²) < 4.78 is 15.6. The number of aromatic amines is 1. The normalized spacial score (nSPS) is 11.9. The lowest BCUT2D eigenvalue weighted by Crippen LogP contribution is -2.24. The van der Waals surface area contributed by atoms with Gasteiger partial charge in [0.25, 0.3) is 0 Å². The zero-order valence-corrected chi connectivity index (χ0v) is 17.4. The number of H-pyrrole nitrogens is 1. The lowest BCUT2D eigenvalue weighted by Gasteiger charge is -2.11. The van der Waals surface area contributed by atoms with Gasteiger partial charge in [0, 0.05) is 29.0 Å². The van der Waals surface area contributed by atoms with Crippen molar-refractivity contribution in [3.63, 3.8) is 0 Å². The molecule has 0 saturated carbocycles. The number of methoxy groups -OCH3 is 2. The second-order valence-electron chi connectivity index (χ2n) is 6.57. The Morgan fingerprint density at radius 1 is 1.10 bits per heavy atom.